The fourth-order valence-electron chi connectivity index (χ4n) is 0.802. The van der Waals surface area contributed by atoms with E-state index in [2.05, 4.69) is 10.3 Å². The van der Waals surface area contributed by atoms with Gasteiger partial charge in [-0.1, -0.05) is 0 Å². The van der Waals surface area contributed by atoms with Crippen molar-refractivity contribution in [1.29, 1.82) is 0 Å². The van der Waals surface area contributed by atoms with Gasteiger partial charge >= 0.3 is 0 Å². The molecule has 0 bridgehead atoms. The Bertz CT molecular complexity index is 186. The van der Waals surface area contributed by atoms with Gasteiger partial charge in [-0.05, 0) is 25.1 Å². The molecule has 3 nitrogen and oxygen atoms in total. The van der Waals surface area contributed by atoms with Gasteiger partial charge in [0.25, 0.3) is 0 Å². The minimum atomic E-state index is 0.729. The van der Waals surface area contributed by atoms with Crippen molar-refractivity contribution in [2.24, 2.45) is 5.73 Å². The molecule has 0 saturated heterocycles. The SMILES string of the molecule is NCCCNc1cccnc1. The summed E-state index contributed by atoms with van der Waals surface area (Å²) in [5, 5.41) is 3.20. The lowest BCUT2D eigenvalue weighted by Crippen LogP contribution is -2.08. The number of hydrogen-bond acceptors (Lipinski definition) is 3. The molecule has 0 fully saturated rings. The summed E-state index contributed by atoms with van der Waals surface area (Å²) in [6, 6.07) is 3.90. The van der Waals surface area contributed by atoms with E-state index in [1.807, 2.05) is 12.1 Å². The van der Waals surface area contributed by atoms with Crippen LogP contribution in [-0.2, 0) is 0 Å². The average Bonchev–Trinajstić information content (AvgIpc) is 2.07. The second-order valence-corrected chi connectivity index (χ2v) is 2.31. The molecule has 3 heteroatoms. The number of rotatable bonds is 4. The van der Waals surface area contributed by atoms with Crippen LogP contribution in [0.4, 0.5) is 5.69 Å². The molecule has 60 valence electrons. The van der Waals surface area contributed by atoms with Crippen molar-refractivity contribution in [3.05, 3.63) is 24.5 Å². The van der Waals surface area contributed by atoms with Gasteiger partial charge in [-0.2, -0.15) is 0 Å². The van der Waals surface area contributed by atoms with Gasteiger partial charge in [0.15, 0.2) is 0 Å². The summed E-state index contributed by atoms with van der Waals surface area (Å²) in [5.74, 6) is 0. The Kier molecular flexibility index (Phi) is 3.41. The zero-order valence-electron chi connectivity index (χ0n) is 6.46. The first-order valence-electron chi connectivity index (χ1n) is 3.77. The van der Waals surface area contributed by atoms with E-state index in [-0.39, 0.29) is 0 Å². The van der Waals surface area contributed by atoms with Crippen LogP contribution in [0.1, 0.15) is 6.42 Å². The third-order valence-electron chi connectivity index (χ3n) is 1.37. The van der Waals surface area contributed by atoms with Crippen molar-refractivity contribution in [2.45, 2.75) is 6.42 Å². The van der Waals surface area contributed by atoms with E-state index < -0.39 is 0 Å². The molecule has 3 N–H and O–H groups in total. The van der Waals surface area contributed by atoms with Crippen LogP contribution in [-0.4, -0.2) is 18.1 Å². The largest absolute Gasteiger partial charge is 0.384 e. The number of anilines is 1. The Morgan fingerprint density at radius 2 is 2.45 bits per heavy atom. The van der Waals surface area contributed by atoms with Crippen molar-refractivity contribution in [1.82, 2.24) is 4.98 Å². The highest BCUT2D eigenvalue weighted by Crippen LogP contribution is 2.01. The third kappa shape index (κ3) is 3.00. The van der Waals surface area contributed by atoms with Crippen LogP contribution in [0.5, 0.6) is 0 Å². The Balaban J connectivity index is 2.28. The second-order valence-electron chi connectivity index (χ2n) is 2.31. The summed E-state index contributed by atoms with van der Waals surface area (Å²) < 4.78 is 0. The number of nitrogens with one attached hydrogen (secondary N) is 1. The van der Waals surface area contributed by atoms with Gasteiger partial charge in [-0.3, -0.25) is 4.98 Å². The van der Waals surface area contributed by atoms with E-state index in [4.69, 9.17) is 5.73 Å². The van der Waals surface area contributed by atoms with Gasteiger partial charge in [0.05, 0.1) is 5.69 Å². The van der Waals surface area contributed by atoms with Gasteiger partial charge in [-0.25, -0.2) is 0 Å². The molecular weight excluding hydrogens is 138 g/mol. The normalized spacial score (nSPS) is 9.55. The molecule has 0 aromatic carbocycles. The maximum Gasteiger partial charge on any atom is 0.0526 e. The van der Waals surface area contributed by atoms with Crippen molar-refractivity contribution in [3.63, 3.8) is 0 Å². The van der Waals surface area contributed by atoms with Gasteiger partial charge in [0.2, 0.25) is 0 Å². The highest BCUT2D eigenvalue weighted by Gasteiger charge is 1.87. The molecule has 0 spiro atoms. The second kappa shape index (κ2) is 4.68. The number of nitrogens with two attached hydrogens (primary N) is 1. The van der Waals surface area contributed by atoms with Crippen LogP contribution in [0, 0.1) is 0 Å². The van der Waals surface area contributed by atoms with Crippen molar-refractivity contribution in [3.8, 4) is 0 Å². The quantitative estimate of drug-likeness (QED) is 0.627. The Hall–Kier alpha value is -1.09. The van der Waals surface area contributed by atoms with Crippen LogP contribution in [0.2, 0.25) is 0 Å². The Labute approximate surface area is 66.6 Å². The predicted octanol–water partition coefficient (Wildman–Crippen LogP) is 0.842. The minimum Gasteiger partial charge on any atom is -0.384 e. The third-order valence-corrected chi connectivity index (χ3v) is 1.37. The molecule has 0 atom stereocenters. The maximum atomic E-state index is 5.34. The van der Waals surface area contributed by atoms with Crippen LogP contribution in [0.25, 0.3) is 0 Å². The number of aromatic nitrogens is 1. The molecule has 0 radical (unpaired) electrons. The van der Waals surface area contributed by atoms with Gasteiger partial charge in [0, 0.05) is 18.9 Å². The van der Waals surface area contributed by atoms with Crippen LogP contribution >= 0.6 is 0 Å². The maximum absolute atomic E-state index is 5.34. The number of hydrogen-bond donors (Lipinski definition) is 2. The molecule has 1 aromatic heterocycles. The Morgan fingerprint density at radius 1 is 1.55 bits per heavy atom. The fraction of sp³-hybridized carbons (Fsp3) is 0.375. The van der Waals surface area contributed by atoms with Crippen LogP contribution in [0.3, 0.4) is 0 Å². The van der Waals surface area contributed by atoms with Gasteiger partial charge in [-0.15, -0.1) is 0 Å². The molecule has 11 heavy (non-hydrogen) atoms. The fourth-order valence-corrected chi connectivity index (χ4v) is 0.802. The lowest BCUT2D eigenvalue weighted by Gasteiger charge is -2.02. The lowest BCUT2D eigenvalue weighted by atomic mass is 10.4. The standard InChI is InChI=1S/C8H13N3/c9-4-2-6-11-8-3-1-5-10-7-8/h1,3,5,7,11H,2,4,6,9H2. The zero-order valence-corrected chi connectivity index (χ0v) is 6.46. The molecule has 0 unspecified atom stereocenters. The van der Waals surface area contributed by atoms with Gasteiger partial charge in [0.1, 0.15) is 0 Å². The van der Waals surface area contributed by atoms with Crippen LogP contribution in [0.15, 0.2) is 24.5 Å². The van der Waals surface area contributed by atoms with E-state index in [0.29, 0.717) is 0 Å². The van der Waals surface area contributed by atoms with Crippen molar-refractivity contribution < 1.29 is 0 Å². The van der Waals surface area contributed by atoms with E-state index in [1.165, 1.54) is 0 Å². The summed E-state index contributed by atoms with van der Waals surface area (Å²) in [7, 11) is 0. The summed E-state index contributed by atoms with van der Waals surface area (Å²) >= 11 is 0. The van der Waals surface area contributed by atoms with E-state index in [9.17, 15) is 0 Å². The summed E-state index contributed by atoms with van der Waals surface area (Å²) in [6.07, 6.45) is 4.56. The molecular formula is C8H13N3. The molecule has 0 saturated carbocycles. The van der Waals surface area contributed by atoms with E-state index in [1.54, 1.807) is 12.4 Å². The van der Waals surface area contributed by atoms with Crippen molar-refractivity contribution >= 4 is 5.69 Å². The zero-order chi connectivity index (χ0) is 7.94. The lowest BCUT2D eigenvalue weighted by molar-refractivity contribution is 0.874. The highest BCUT2D eigenvalue weighted by molar-refractivity contribution is 5.39. The van der Waals surface area contributed by atoms with E-state index in [0.717, 1.165) is 25.2 Å². The number of pyridine rings is 1. The molecule has 0 amide bonds. The summed E-state index contributed by atoms with van der Waals surface area (Å²) in [6.45, 7) is 1.65. The van der Waals surface area contributed by atoms with Crippen LogP contribution < -0.4 is 11.1 Å². The van der Waals surface area contributed by atoms with Crippen molar-refractivity contribution in [2.75, 3.05) is 18.4 Å². The molecule has 0 aliphatic heterocycles. The molecule has 1 heterocycles. The molecule has 1 aromatic rings. The Morgan fingerprint density at radius 3 is 3.09 bits per heavy atom. The molecule has 0 aliphatic rings. The topological polar surface area (TPSA) is 50.9 Å². The number of nitrogens with zero attached hydrogens (tertiary/aromatic N) is 1. The molecule has 0 aliphatic carbocycles. The first kappa shape index (κ1) is 8.01. The monoisotopic (exact) mass is 151 g/mol. The highest BCUT2D eigenvalue weighted by atomic mass is 14.9. The van der Waals surface area contributed by atoms with E-state index >= 15 is 0 Å². The molecule has 1 rings (SSSR count). The first-order chi connectivity index (χ1) is 5.43. The first-order valence-corrected chi connectivity index (χ1v) is 3.77. The van der Waals surface area contributed by atoms with Gasteiger partial charge < -0.3 is 11.1 Å². The summed E-state index contributed by atoms with van der Waals surface area (Å²) in [4.78, 5) is 3.97. The average molecular weight is 151 g/mol. The predicted molar refractivity (Wildman–Crippen MR) is 46.4 cm³/mol. The summed E-state index contributed by atoms with van der Waals surface area (Å²) in [5.41, 5.74) is 6.39. The smallest absolute Gasteiger partial charge is 0.0526 e. The minimum absolute atomic E-state index is 0.729.